The molecule has 2 heterocycles. The summed E-state index contributed by atoms with van der Waals surface area (Å²) >= 11 is 6.26. The first-order valence-corrected chi connectivity index (χ1v) is 9.44. The van der Waals surface area contributed by atoms with Crippen molar-refractivity contribution in [1.29, 1.82) is 0 Å². The molecule has 0 radical (unpaired) electrons. The molecule has 1 fully saturated rings. The Balaban J connectivity index is 1.60. The van der Waals surface area contributed by atoms with Crippen LogP contribution < -0.4 is 10.6 Å². The molecule has 1 aromatic carbocycles. The van der Waals surface area contributed by atoms with Gasteiger partial charge >= 0.3 is 12.0 Å². The van der Waals surface area contributed by atoms with Crippen LogP contribution in [0.3, 0.4) is 0 Å². The fourth-order valence-electron chi connectivity index (χ4n) is 3.91. The molecule has 0 spiro atoms. The van der Waals surface area contributed by atoms with Gasteiger partial charge in [-0.1, -0.05) is 42.6 Å². The number of cyclic esters (lactones) is 1. The van der Waals surface area contributed by atoms with Crippen molar-refractivity contribution in [3.63, 3.8) is 0 Å². The Morgan fingerprint density at radius 2 is 2.00 bits per heavy atom. The average Bonchev–Trinajstić information content (AvgIpc) is 3.28. The molecule has 7 nitrogen and oxygen atoms in total. The fourth-order valence-corrected chi connectivity index (χ4v) is 4.15. The van der Waals surface area contributed by atoms with Crippen LogP contribution in [0.5, 0.6) is 0 Å². The lowest BCUT2D eigenvalue weighted by Gasteiger charge is -2.33. The van der Waals surface area contributed by atoms with Crippen molar-refractivity contribution >= 4 is 29.5 Å². The number of halogens is 1. The minimum absolute atomic E-state index is 0.0285. The summed E-state index contributed by atoms with van der Waals surface area (Å²) in [6.07, 6.45) is 4.13. The molecule has 3 amide bonds. The highest BCUT2D eigenvalue weighted by atomic mass is 35.5. The summed E-state index contributed by atoms with van der Waals surface area (Å²) < 4.78 is 5.16. The maximum Gasteiger partial charge on any atom is 0.338 e. The Morgan fingerprint density at radius 3 is 2.74 bits per heavy atom. The van der Waals surface area contributed by atoms with E-state index in [1.807, 2.05) is 0 Å². The number of nitrogens with zero attached hydrogens (tertiary/aromatic N) is 1. The quantitative estimate of drug-likeness (QED) is 0.773. The molecule has 2 aliphatic heterocycles. The molecule has 1 saturated carbocycles. The summed E-state index contributed by atoms with van der Waals surface area (Å²) in [6.45, 7) is -0.174. The number of nitrogens with one attached hydrogen (secondary N) is 2. The number of urea groups is 1. The number of hydrogen-bond acceptors (Lipinski definition) is 4. The highest BCUT2D eigenvalue weighted by molar-refractivity contribution is 6.31. The number of carbonyl (C=O) groups excluding carboxylic acids is 3. The van der Waals surface area contributed by atoms with Gasteiger partial charge in [0.15, 0.2) is 0 Å². The van der Waals surface area contributed by atoms with Gasteiger partial charge < -0.3 is 15.4 Å². The summed E-state index contributed by atoms with van der Waals surface area (Å²) in [4.78, 5) is 38.7. The molecule has 4 rings (SSSR count). The number of ether oxygens (including phenoxy) is 1. The van der Waals surface area contributed by atoms with E-state index in [4.69, 9.17) is 16.3 Å². The molecular weight excluding hydrogens is 370 g/mol. The van der Waals surface area contributed by atoms with Gasteiger partial charge in [0.05, 0.1) is 17.3 Å². The van der Waals surface area contributed by atoms with Crippen molar-refractivity contribution in [1.82, 2.24) is 15.5 Å². The summed E-state index contributed by atoms with van der Waals surface area (Å²) in [5.41, 5.74) is 1.38. The monoisotopic (exact) mass is 389 g/mol. The Hall–Kier alpha value is -2.54. The molecular formula is C19H20ClN3O4. The van der Waals surface area contributed by atoms with E-state index in [0.29, 0.717) is 21.9 Å². The van der Waals surface area contributed by atoms with E-state index in [0.717, 1.165) is 25.7 Å². The van der Waals surface area contributed by atoms with Crippen LogP contribution in [0.2, 0.25) is 5.02 Å². The summed E-state index contributed by atoms with van der Waals surface area (Å²) in [5, 5.41) is 6.19. The van der Waals surface area contributed by atoms with E-state index in [2.05, 4.69) is 10.6 Å². The van der Waals surface area contributed by atoms with Gasteiger partial charge in [0.2, 0.25) is 5.91 Å². The van der Waals surface area contributed by atoms with Crippen LogP contribution in [-0.4, -0.2) is 42.0 Å². The minimum atomic E-state index is -0.689. The highest BCUT2D eigenvalue weighted by Crippen LogP contribution is 2.37. The van der Waals surface area contributed by atoms with E-state index >= 15 is 0 Å². The Labute approximate surface area is 161 Å². The molecule has 1 atom stereocenters. The van der Waals surface area contributed by atoms with Gasteiger partial charge in [0, 0.05) is 11.1 Å². The number of benzene rings is 1. The van der Waals surface area contributed by atoms with Crippen molar-refractivity contribution in [3.05, 3.63) is 46.1 Å². The number of esters is 1. The largest absolute Gasteiger partial charge is 0.456 e. The Morgan fingerprint density at radius 1 is 1.26 bits per heavy atom. The molecule has 1 unspecified atom stereocenters. The van der Waals surface area contributed by atoms with Crippen LogP contribution in [0, 0.1) is 0 Å². The van der Waals surface area contributed by atoms with E-state index in [1.165, 1.54) is 4.90 Å². The van der Waals surface area contributed by atoms with Gasteiger partial charge in [0.25, 0.3) is 0 Å². The predicted molar refractivity (Wildman–Crippen MR) is 97.8 cm³/mol. The molecule has 8 heteroatoms. The smallest absolute Gasteiger partial charge is 0.338 e. The minimum Gasteiger partial charge on any atom is -0.456 e. The maximum absolute atomic E-state index is 12.7. The zero-order valence-electron chi connectivity index (χ0n) is 14.7. The first kappa shape index (κ1) is 17.9. The lowest BCUT2D eigenvalue weighted by Crippen LogP contribution is -2.51. The average molecular weight is 390 g/mol. The normalized spacial score (nSPS) is 22.6. The van der Waals surface area contributed by atoms with Crippen LogP contribution in [0.4, 0.5) is 4.79 Å². The van der Waals surface area contributed by atoms with Gasteiger partial charge in [-0.3, -0.25) is 9.69 Å². The van der Waals surface area contributed by atoms with Crippen molar-refractivity contribution in [2.45, 2.75) is 37.8 Å². The van der Waals surface area contributed by atoms with Crippen LogP contribution in [0.15, 0.2) is 35.5 Å². The van der Waals surface area contributed by atoms with Crippen molar-refractivity contribution < 1.29 is 19.1 Å². The zero-order valence-corrected chi connectivity index (χ0v) is 15.4. The number of rotatable bonds is 4. The molecule has 1 aliphatic carbocycles. The van der Waals surface area contributed by atoms with Gasteiger partial charge in [-0.2, -0.15) is 0 Å². The molecule has 0 bridgehead atoms. The highest BCUT2D eigenvalue weighted by Gasteiger charge is 2.43. The van der Waals surface area contributed by atoms with Crippen molar-refractivity contribution in [3.8, 4) is 0 Å². The second-order valence-corrected chi connectivity index (χ2v) is 7.38. The standard InChI is InChI=1S/C19H20ClN3O4/c20-13-8-4-3-7-12(13)17-16-14(10-27-18(16)25)23(19(26)22-17)9-15(24)21-11-5-1-2-6-11/h3-4,7-8,11,17H,1-2,5-6,9-10H2,(H,21,24)(H,22,26). The number of hydrogen-bond donors (Lipinski definition) is 2. The lowest BCUT2D eigenvalue weighted by molar-refractivity contribution is -0.136. The van der Waals surface area contributed by atoms with Crippen molar-refractivity contribution in [2.24, 2.45) is 0 Å². The topological polar surface area (TPSA) is 87.7 Å². The fraction of sp³-hybridized carbons (Fsp3) is 0.421. The Bertz CT molecular complexity index is 832. The van der Waals surface area contributed by atoms with Crippen LogP contribution in [-0.2, 0) is 14.3 Å². The lowest BCUT2D eigenvalue weighted by atomic mass is 9.95. The zero-order chi connectivity index (χ0) is 19.0. The molecule has 0 aromatic heterocycles. The predicted octanol–water partition coefficient (Wildman–Crippen LogP) is 2.28. The third-order valence-corrected chi connectivity index (χ3v) is 5.58. The first-order valence-electron chi connectivity index (χ1n) is 9.06. The van der Waals surface area contributed by atoms with E-state index in [1.54, 1.807) is 24.3 Å². The second-order valence-electron chi connectivity index (χ2n) is 6.98. The van der Waals surface area contributed by atoms with Gasteiger partial charge in [-0.25, -0.2) is 9.59 Å². The molecule has 142 valence electrons. The van der Waals surface area contributed by atoms with Crippen LogP contribution >= 0.6 is 11.6 Å². The van der Waals surface area contributed by atoms with Gasteiger partial charge in [-0.05, 0) is 24.5 Å². The molecule has 3 aliphatic rings. The molecule has 27 heavy (non-hydrogen) atoms. The molecule has 0 saturated heterocycles. The second kappa shape index (κ2) is 7.23. The van der Waals surface area contributed by atoms with E-state index in [9.17, 15) is 14.4 Å². The Kier molecular flexibility index (Phi) is 4.78. The third kappa shape index (κ3) is 3.39. The van der Waals surface area contributed by atoms with Gasteiger partial charge in [-0.15, -0.1) is 0 Å². The van der Waals surface area contributed by atoms with E-state index in [-0.39, 0.29) is 25.1 Å². The van der Waals surface area contributed by atoms with E-state index < -0.39 is 18.0 Å². The summed E-state index contributed by atoms with van der Waals surface area (Å²) in [6, 6.07) is 6.05. The molecule has 2 N–H and O–H groups in total. The van der Waals surface area contributed by atoms with Crippen LogP contribution in [0.1, 0.15) is 37.3 Å². The first-order chi connectivity index (χ1) is 13.0. The number of carbonyl (C=O) groups is 3. The summed E-state index contributed by atoms with van der Waals surface area (Å²) in [7, 11) is 0. The summed E-state index contributed by atoms with van der Waals surface area (Å²) in [5.74, 6) is -0.740. The number of amides is 3. The molecule has 1 aromatic rings. The van der Waals surface area contributed by atoms with Crippen LogP contribution in [0.25, 0.3) is 0 Å². The van der Waals surface area contributed by atoms with Crippen molar-refractivity contribution in [2.75, 3.05) is 13.2 Å². The maximum atomic E-state index is 12.7. The third-order valence-electron chi connectivity index (χ3n) is 5.24. The SMILES string of the molecule is O=C(CN1C(=O)NC(c2ccccc2Cl)C2=C1COC2=O)NC1CCCC1. The van der Waals surface area contributed by atoms with Gasteiger partial charge in [0.1, 0.15) is 13.2 Å².